The summed E-state index contributed by atoms with van der Waals surface area (Å²) < 4.78 is 0. The van der Waals surface area contributed by atoms with Crippen molar-refractivity contribution in [3.63, 3.8) is 0 Å². The highest BCUT2D eigenvalue weighted by molar-refractivity contribution is 6.00. The first-order valence-electron chi connectivity index (χ1n) is 5.83. The third-order valence-corrected chi connectivity index (χ3v) is 2.48. The van der Waals surface area contributed by atoms with Crippen molar-refractivity contribution in [3.8, 4) is 5.75 Å². The second-order valence-corrected chi connectivity index (χ2v) is 3.92. The van der Waals surface area contributed by atoms with Gasteiger partial charge in [-0.05, 0) is 18.2 Å². The zero-order chi connectivity index (χ0) is 15.1. The van der Waals surface area contributed by atoms with Crippen LogP contribution in [0.25, 0.3) is 0 Å². The molecule has 0 heterocycles. The summed E-state index contributed by atoms with van der Waals surface area (Å²) in [5.41, 5.74) is -0.159. The van der Waals surface area contributed by atoms with E-state index in [1.165, 1.54) is 23.1 Å². The zero-order valence-electron chi connectivity index (χ0n) is 10.7. The lowest BCUT2D eigenvalue weighted by Crippen LogP contribution is -2.37. The second-order valence-electron chi connectivity index (χ2n) is 3.92. The minimum atomic E-state index is -1.27. The van der Waals surface area contributed by atoms with E-state index in [9.17, 15) is 14.7 Å². The van der Waals surface area contributed by atoms with Crippen LogP contribution in [0.3, 0.4) is 0 Å². The summed E-state index contributed by atoms with van der Waals surface area (Å²) in [6.45, 7) is 3.59. The van der Waals surface area contributed by atoms with Crippen LogP contribution >= 0.6 is 0 Å². The molecule has 2 amide bonds. The number of amides is 2. The van der Waals surface area contributed by atoms with Gasteiger partial charge in [0.25, 0.3) is 0 Å². The van der Waals surface area contributed by atoms with Gasteiger partial charge in [-0.3, -0.25) is 0 Å². The molecule has 1 rings (SSSR count). The number of urea groups is 1. The Balaban J connectivity index is 2.94. The summed E-state index contributed by atoms with van der Waals surface area (Å²) in [6.07, 6.45) is 1.49. The predicted molar refractivity (Wildman–Crippen MR) is 72.9 cm³/mol. The highest BCUT2D eigenvalue weighted by Gasteiger charge is 2.16. The summed E-state index contributed by atoms with van der Waals surface area (Å²) in [6, 6.07) is 3.04. The standard InChI is InChI=1S/C13H16N2O5/c1-2-5-15(6-7-16)13(20)14-11-4-3-9(17)8-10(11)12(18)19/h2-4,8,16-17H,1,5-7H2,(H,14,20)(H,18,19). The molecule has 20 heavy (non-hydrogen) atoms. The Morgan fingerprint density at radius 3 is 2.65 bits per heavy atom. The molecule has 0 aliphatic heterocycles. The van der Waals surface area contributed by atoms with Crippen molar-refractivity contribution in [3.05, 3.63) is 36.4 Å². The molecule has 0 saturated heterocycles. The molecule has 0 fully saturated rings. The number of carboxylic acids is 1. The molecule has 1 aromatic rings. The van der Waals surface area contributed by atoms with Gasteiger partial charge in [0, 0.05) is 13.1 Å². The molecule has 108 valence electrons. The Bertz CT molecular complexity index is 515. The summed E-state index contributed by atoms with van der Waals surface area (Å²) in [7, 11) is 0. The van der Waals surface area contributed by atoms with E-state index in [2.05, 4.69) is 11.9 Å². The minimum Gasteiger partial charge on any atom is -0.508 e. The van der Waals surface area contributed by atoms with E-state index >= 15 is 0 Å². The summed E-state index contributed by atoms with van der Waals surface area (Å²) in [5.74, 6) is -1.48. The van der Waals surface area contributed by atoms with Crippen LogP contribution < -0.4 is 5.32 Å². The fourth-order valence-corrected chi connectivity index (χ4v) is 1.56. The van der Waals surface area contributed by atoms with Crippen LogP contribution in [0.2, 0.25) is 0 Å². The number of hydrogen-bond donors (Lipinski definition) is 4. The molecule has 0 unspecified atom stereocenters. The average Bonchev–Trinajstić information content (AvgIpc) is 2.40. The van der Waals surface area contributed by atoms with Gasteiger partial charge in [0.15, 0.2) is 0 Å². The maximum atomic E-state index is 12.0. The number of benzene rings is 1. The summed E-state index contributed by atoms with van der Waals surface area (Å²) in [4.78, 5) is 24.3. The number of carbonyl (C=O) groups excluding carboxylic acids is 1. The smallest absolute Gasteiger partial charge is 0.337 e. The number of aromatic hydroxyl groups is 1. The molecule has 0 aliphatic rings. The van der Waals surface area contributed by atoms with Crippen LogP contribution in [0, 0.1) is 0 Å². The molecule has 0 radical (unpaired) electrons. The maximum Gasteiger partial charge on any atom is 0.337 e. The van der Waals surface area contributed by atoms with Crippen LogP contribution in [-0.4, -0.2) is 51.9 Å². The first-order valence-corrected chi connectivity index (χ1v) is 5.83. The molecule has 0 atom stereocenters. The molecule has 0 aromatic heterocycles. The Morgan fingerprint density at radius 2 is 2.10 bits per heavy atom. The lowest BCUT2D eigenvalue weighted by molar-refractivity contribution is 0.0697. The van der Waals surface area contributed by atoms with Crippen LogP contribution in [0.1, 0.15) is 10.4 Å². The first-order chi connectivity index (χ1) is 9.49. The number of carbonyl (C=O) groups is 2. The molecular formula is C13H16N2O5. The molecule has 1 aromatic carbocycles. The predicted octanol–water partition coefficient (Wildman–Crippen LogP) is 1.10. The first kappa shape index (κ1) is 15.5. The largest absolute Gasteiger partial charge is 0.508 e. The number of phenolic OH excluding ortho intramolecular Hbond substituents is 1. The van der Waals surface area contributed by atoms with E-state index < -0.39 is 12.0 Å². The van der Waals surface area contributed by atoms with Gasteiger partial charge in [-0.2, -0.15) is 0 Å². The van der Waals surface area contributed by atoms with Gasteiger partial charge in [-0.25, -0.2) is 9.59 Å². The normalized spacial score (nSPS) is 9.85. The number of aliphatic hydroxyl groups excluding tert-OH is 1. The molecule has 7 nitrogen and oxygen atoms in total. The third kappa shape index (κ3) is 3.99. The molecule has 0 bridgehead atoms. The van der Waals surface area contributed by atoms with Crippen molar-refractivity contribution >= 4 is 17.7 Å². The Kier molecular flexibility index (Phi) is 5.55. The van der Waals surface area contributed by atoms with Crippen LogP contribution in [0.15, 0.2) is 30.9 Å². The van der Waals surface area contributed by atoms with E-state index in [1.807, 2.05) is 0 Å². The van der Waals surface area contributed by atoms with Crippen molar-refractivity contribution in [1.29, 1.82) is 0 Å². The van der Waals surface area contributed by atoms with Gasteiger partial charge >= 0.3 is 12.0 Å². The number of anilines is 1. The highest BCUT2D eigenvalue weighted by Crippen LogP contribution is 2.21. The van der Waals surface area contributed by atoms with E-state index in [0.717, 1.165) is 6.07 Å². The average molecular weight is 280 g/mol. The number of nitrogens with zero attached hydrogens (tertiary/aromatic N) is 1. The Morgan fingerprint density at radius 1 is 1.40 bits per heavy atom. The van der Waals surface area contributed by atoms with Gasteiger partial charge in [0.1, 0.15) is 5.75 Å². The SMILES string of the molecule is C=CCN(CCO)C(=O)Nc1ccc(O)cc1C(=O)O. The monoisotopic (exact) mass is 280 g/mol. The van der Waals surface area contributed by atoms with Gasteiger partial charge in [-0.1, -0.05) is 6.08 Å². The Hall–Kier alpha value is -2.54. The number of rotatable bonds is 6. The second kappa shape index (κ2) is 7.15. The maximum absolute atomic E-state index is 12.0. The van der Waals surface area contributed by atoms with E-state index in [4.69, 9.17) is 10.2 Å². The fraction of sp³-hybridized carbons (Fsp3) is 0.231. The van der Waals surface area contributed by atoms with Crippen LogP contribution in [0.4, 0.5) is 10.5 Å². The van der Waals surface area contributed by atoms with Gasteiger partial charge in [0.05, 0.1) is 17.9 Å². The minimum absolute atomic E-state index is 0.0623. The molecular weight excluding hydrogens is 264 g/mol. The number of carboxylic acid groups (broad SMARTS) is 1. The van der Waals surface area contributed by atoms with Gasteiger partial charge < -0.3 is 25.5 Å². The number of aliphatic hydroxyl groups is 1. The third-order valence-electron chi connectivity index (χ3n) is 2.48. The van der Waals surface area contributed by atoms with Crippen molar-refractivity contribution in [2.24, 2.45) is 0 Å². The van der Waals surface area contributed by atoms with Gasteiger partial charge in [-0.15, -0.1) is 6.58 Å². The number of phenols is 1. The molecule has 4 N–H and O–H groups in total. The fourth-order valence-electron chi connectivity index (χ4n) is 1.56. The molecule has 0 saturated carbocycles. The van der Waals surface area contributed by atoms with Crippen LogP contribution in [-0.2, 0) is 0 Å². The van der Waals surface area contributed by atoms with Crippen molar-refractivity contribution in [1.82, 2.24) is 4.90 Å². The molecule has 7 heteroatoms. The van der Waals surface area contributed by atoms with E-state index in [-0.39, 0.29) is 36.7 Å². The van der Waals surface area contributed by atoms with Crippen molar-refractivity contribution < 1.29 is 24.9 Å². The molecule has 0 spiro atoms. The van der Waals surface area contributed by atoms with E-state index in [1.54, 1.807) is 0 Å². The van der Waals surface area contributed by atoms with Crippen LogP contribution in [0.5, 0.6) is 5.75 Å². The number of nitrogens with one attached hydrogen (secondary N) is 1. The van der Waals surface area contributed by atoms with Crippen molar-refractivity contribution in [2.75, 3.05) is 25.0 Å². The van der Waals surface area contributed by atoms with Crippen molar-refractivity contribution in [2.45, 2.75) is 0 Å². The topological polar surface area (TPSA) is 110 Å². The number of aromatic carboxylic acids is 1. The summed E-state index contributed by atoms with van der Waals surface area (Å²) >= 11 is 0. The lowest BCUT2D eigenvalue weighted by atomic mass is 10.1. The zero-order valence-corrected chi connectivity index (χ0v) is 10.7. The summed E-state index contributed by atoms with van der Waals surface area (Å²) in [5, 5.41) is 29.6. The molecule has 0 aliphatic carbocycles. The van der Waals surface area contributed by atoms with Gasteiger partial charge in [0.2, 0.25) is 0 Å². The Labute approximate surface area is 115 Å². The number of hydrogen-bond acceptors (Lipinski definition) is 4. The lowest BCUT2D eigenvalue weighted by Gasteiger charge is -2.21. The van der Waals surface area contributed by atoms with E-state index in [0.29, 0.717) is 0 Å². The quantitative estimate of drug-likeness (QED) is 0.461. The highest BCUT2D eigenvalue weighted by atomic mass is 16.4.